The van der Waals surface area contributed by atoms with Crippen molar-refractivity contribution in [3.63, 3.8) is 0 Å². The molecule has 0 saturated carbocycles. The number of nitrogens with zero attached hydrogens (tertiary/aromatic N) is 2. The largest absolute Gasteiger partial charge is 0.461 e. The number of fused-ring (bicyclic) bond motifs is 1. The number of amides is 1. The average Bonchev–Trinajstić information content (AvgIpc) is 3.28. The third-order valence-corrected chi connectivity index (χ3v) is 5.24. The van der Waals surface area contributed by atoms with Crippen molar-refractivity contribution in [1.82, 2.24) is 10.3 Å². The SMILES string of the molecule is Cc1c(NC(=O)OC(C)(C)C)ccc2nc(N3CCNCC3C(=O)c3ccco3)oc(=O)c12. The lowest BCUT2D eigenvalue weighted by molar-refractivity contribution is 0.0635. The fourth-order valence-corrected chi connectivity index (χ4v) is 3.73. The molecule has 1 aromatic carbocycles. The standard InChI is InChI=1S/C23H26N4O6/c1-13-14(26-22(30)33-23(2,3)4)7-8-15-18(13)20(29)32-21(25-15)27-10-9-24-12-16(27)19(28)17-6-5-11-31-17/h5-8,11,16,24H,9-10,12H2,1-4H3,(H,26,30). The summed E-state index contributed by atoms with van der Waals surface area (Å²) < 4.78 is 16.1. The van der Waals surface area contributed by atoms with Crippen LogP contribution in [0.1, 0.15) is 36.9 Å². The molecule has 1 fully saturated rings. The molecule has 2 N–H and O–H groups in total. The van der Waals surface area contributed by atoms with E-state index in [4.69, 9.17) is 13.6 Å². The van der Waals surface area contributed by atoms with Crippen LogP contribution in [-0.4, -0.2) is 48.1 Å². The molecule has 10 heteroatoms. The van der Waals surface area contributed by atoms with Crippen LogP contribution in [-0.2, 0) is 4.74 Å². The topological polar surface area (TPSA) is 127 Å². The monoisotopic (exact) mass is 454 g/mol. The molecular formula is C23H26N4O6. The van der Waals surface area contributed by atoms with Crippen LogP contribution in [0.3, 0.4) is 0 Å². The number of benzene rings is 1. The number of ether oxygens (including phenoxy) is 1. The van der Waals surface area contributed by atoms with Gasteiger partial charge in [-0.2, -0.15) is 4.98 Å². The number of carbonyl (C=O) groups is 2. The van der Waals surface area contributed by atoms with Gasteiger partial charge in [-0.05, 0) is 57.5 Å². The van der Waals surface area contributed by atoms with Crippen molar-refractivity contribution in [2.45, 2.75) is 39.3 Å². The smallest absolute Gasteiger partial charge is 0.412 e. The van der Waals surface area contributed by atoms with Gasteiger partial charge in [0.2, 0.25) is 5.78 Å². The molecule has 3 aromatic rings. The van der Waals surface area contributed by atoms with Crippen molar-refractivity contribution >= 4 is 34.5 Å². The number of carbonyl (C=O) groups excluding carboxylic acids is 2. The molecular weight excluding hydrogens is 428 g/mol. The minimum atomic E-state index is -0.656. The second-order valence-electron chi connectivity index (χ2n) is 8.80. The fourth-order valence-electron chi connectivity index (χ4n) is 3.73. The number of ketones is 1. The highest BCUT2D eigenvalue weighted by Gasteiger charge is 2.33. The van der Waals surface area contributed by atoms with Crippen LogP contribution in [0, 0.1) is 6.92 Å². The summed E-state index contributed by atoms with van der Waals surface area (Å²) >= 11 is 0. The Kier molecular flexibility index (Phi) is 5.94. The lowest BCUT2D eigenvalue weighted by Gasteiger charge is -2.34. The van der Waals surface area contributed by atoms with Gasteiger partial charge in [0.1, 0.15) is 11.6 Å². The van der Waals surface area contributed by atoms with E-state index in [-0.39, 0.29) is 22.9 Å². The van der Waals surface area contributed by atoms with Gasteiger partial charge in [0.05, 0.1) is 17.2 Å². The lowest BCUT2D eigenvalue weighted by atomic mass is 10.1. The van der Waals surface area contributed by atoms with E-state index in [0.717, 1.165) is 0 Å². The van der Waals surface area contributed by atoms with Gasteiger partial charge in [-0.1, -0.05) is 0 Å². The van der Waals surface area contributed by atoms with E-state index >= 15 is 0 Å². The maximum atomic E-state index is 12.9. The van der Waals surface area contributed by atoms with E-state index in [1.54, 1.807) is 56.9 Å². The number of hydrogen-bond donors (Lipinski definition) is 2. The molecule has 1 aliphatic heterocycles. The van der Waals surface area contributed by atoms with Gasteiger partial charge in [-0.3, -0.25) is 10.1 Å². The van der Waals surface area contributed by atoms with E-state index in [2.05, 4.69) is 15.6 Å². The molecule has 0 bridgehead atoms. The lowest BCUT2D eigenvalue weighted by Crippen LogP contribution is -2.55. The third kappa shape index (κ3) is 4.75. The van der Waals surface area contributed by atoms with E-state index in [1.807, 2.05) is 0 Å². The van der Waals surface area contributed by atoms with Crippen LogP contribution >= 0.6 is 0 Å². The van der Waals surface area contributed by atoms with E-state index in [1.165, 1.54) is 6.26 Å². The molecule has 10 nitrogen and oxygen atoms in total. The molecule has 3 heterocycles. The van der Waals surface area contributed by atoms with Gasteiger partial charge in [-0.25, -0.2) is 9.59 Å². The Morgan fingerprint density at radius 2 is 2.06 bits per heavy atom. The summed E-state index contributed by atoms with van der Waals surface area (Å²) in [5.41, 5.74) is 0.0673. The molecule has 0 spiro atoms. The van der Waals surface area contributed by atoms with Gasteiger partial charge < -0.3 is 23.8 Å². The Balaban J connectivity index is 1.67. The van der Waals surface area contributed by atoms with Gasteiger partial charge in [0.25, 0.3) is 0 Å². The minimum absolute atomic E-state index is 0.0613. The van der Waals surface area contributed by atoms with Crippen molar-refractivity contribution in [3.05, 3.63) is 52.3 Å². The summed E-state index contributed by atoms with van der Waals surface area (Å²) in [6, 6.07) is 5.95. The molecule has 0 radical (unpaired) electrons. The number of nitrogens with one attached hydrogen (secondary N) is 2. The molecule has 1 amide bonds. The number of hydrogen-bond acceptors (Lipinski definition) is 9. The first-order chi connectivity index (χ1) is 15.6. The van der Waals surface area contributed by atoms with Gasteiger partial charge in [0, 0.05) is 25.3 Å². The number of piperazine rings is 1. The molecule has 1 aliphatic rings. The second-order valence-corrected chi connectivity index (χ2v) is 8.80. The Morgan fingerprint density at radius 1 is 1.27 bits per heavy atom. The van der Waals surface area contributed by atoms with Crippen molar-refractivity contribution in [2.24, 2.45) is 0 Å². The van der Waals surface area contributed by atoms with E-state index < -0.39 is 23.4 Å². The maximum Gasteiger partial charge on any atom is 0.412 e. The highest BCUT2D eigenvalue weighted by molar-refractivity contribution is 6.00. The van der Waals surface area contributed by atoms with Gasteiger partial charge >= 0.3 is 17.7 Å². The molecule has 33 heavy (non-hydrogen) atoms. The Labute approximate surface area is 189 Å². The number of Topliss-reactive ketones (excluding diaryl/α,β-unsaturated/α-hetero) is 1. The quantitative estimate of drug-likeness (QED) is 0.572. The molecule has 1 unspecified atom stereocenters. The van der Waals surface area contributed by atoms with Gasteiger partial charge in [-0.15, -0.1) is 0 Å². The summed E-state index contributed by atoms with van der Waals surface area (Å²) in [4.78, 5) is 44.2. The third-order valence-electron chi connectivity index (χ3n) is 5.24. The Morgan fingerprint density at radius 3 is 2.76 bits per heavy atom. The molecule has 4 rings (SSSR count). The zero-order chi connectivity index (χ0) is 23.8. The van der Waals surface area contributed by atoms with Crippen LogP contribution < -0.4 is 21.2 Å². The maximum absolute atomic E-state index is 12.9. The Hall–Kier alpha value is -3.66. The first kappa shape index (κ1) is 22.5. The number of aromatic nitrogens is 1. The van der Waals surface area contributed by atoms with Crippen LogP contribution in [0.15, 0.2) is 44.2 Å². The van der Waals surface area contributed by atoms with Gasteiger partial charge in [0.15, 0.2) is 5.76 Å². The zero-order valence-corrected chi connectivity index (χ0v) is 18.9. The van der Waals surface area contributed by atoms with Crippen molar-refractivity contribution in [3.8, 4) is 0 Å². The molecule has 174 valence electrons. The Bertz CT molecular complexity index is 1240. The summed E-state index contributed by atoms with van der Waals surface area (Å²) in [6.45, 7) is 8.38. The van der Waals surface area contributed by atoms with Crippen LogP contribution in [0.4, 0.5) is 16.5 Å². The normalized spacial score (nSPS) is 16.6. The molecule has 0 aliphatic carbocycles. The minimum Gasteiger partial charge on any atom is -0.461 e. The first-order valence-electron chi connectivity index (χ1n) is 10.6. The van der Waals surface area contributed by atoms with Crippen molar-refractivity contribution in [1.29, 1.82) is 0 Å². The molecule has 2 aromatic heterocycles. The number of furan rings is 1. The number of aryl methyl sites for hydroxylation is 1. The van der Waals surface area contributed by atoms with Crippen molar-refractivity contribution < 1.29 is 23.2 Å². The molecule has 1 saturated heterocycles. The summed E-state index contributed by atoms with van der Waals surface area (Å²) in [7, 11) is 0. The average molecular weight is 454 g/mol. The fraction of sp³-hybridized carbons (Fsp3) is 0.391. The number of anilines is 2. The van der Waals surface area contributed by atoms with E-state index in [9.17, 15) is 14.4 Å². The number of rotatable bonds is 4. The predicted molar refractivity (Wildman–Crippen MR) is 122 cm³/mol. The highest BCUT2D eigenvalue weighted by atomic mass is 16.6. The summed E-state index contributed by atoms with van der Waals surface area (Å²) in [5.74, 6) is -0.00428. The summed E-state index contributed by atoms with van der Waals surface area (Å²) in [5, 5.41) is 6.08. The van der Waals surface area contributed by atoms with Crippen LogP contribution in [0.5, 0.6) is 0 Å². The zero-order valence-electron chi connectivity index (χ0n) is 18.9. The first-order valence-corrected chi connectivity index (χ1v) is 10.6. The highest BCUT2D eigenvalue weighted by Crippen LogP contribution is 2.26. The van der Waals surface area contributed by atoms with Crippen LogP contribution in [0.25, 0.3) is 10.9 Å². The van der Waals surface area contributed by atoms with E-state index in [0.29, 0.717) is 36.4 Å². The van der Waals surface area contributed by atoms with Crippen molar-refractivity contribution in [2.75, 3.05) is 29.9 Å². The predicted octanol–water partition coefficient (Wildman–Crippen LogP) is 3.10. The molecule has 1 atom stereocenters. The summed E-state index contributed by atoms with van der Waals surface area (Å²) in [6.07, 6.45) is 0.812. The second kappa shape index (κ2) is 8.70. The van der Waals surface area contributed by atoms with Crippen LogP contribution in [0.2, 0.25) is 0 Å².